The summed E-state index contributed by atoms with van der Waals surface area (Å²) in [6.07, 6.45) is 5.62. The van der Waals surface area contributed by atoms with Gasteiger partial charge >= 0.3 is 11.9 Å². The molecule has 3 aliphatic rings. The van der Waals surface area contributed by atoms with Crippen LogP contribution in [0, 0.1) is 5.92 Å². The summed E-state index contributed by atoms with van der Waals surface area (Å²) >= 11 is 0. The van der Waals surface area contributed by atoms with E-state index in [-0.39, 0.29) is 35.7 Å². The van der Waals surface area contributed by atoms with Crippen LogP contribution in [0.25, 0.3) is 0 Å². The Morgan fingerprint density at radius 1 is 1.28 bits per heavy atom. The van der Waals surface area contributed by atoms with Gasteiger partial charge in [0.1, 0.15) is 17.3 Å². The first-order chi connectivity index (χ1) is 13.4. The molecule has 0 unspecified atom stereocenters. The van der Waals surface area contributed by atoms with Crippen molar-refractivity contribution in [2.75, 3.05) is 6.61 Å². The molecule has 164 valence electrons. The Bertz CT molecular complexity index is 662. The first-order valence-corrected chi connectivity index (χ1v) is 10.9. The average molecular weight is 409 g/mol. The number of esters is 2. The highest BCUT2D eigenvalue weighted by Crippen LogP contribution is 2.47. The van der Waals surface area contributed by atoms with E-state index in [0.29, 0.717) is 18.6 Å². The molecule has 3 saturated heterocycles. The summed E-state index contributed by atoms with van der Waals surface area (Å²) in [7, 11) is 0. The lowest BCUT2D eigenvalue weighted by Crippen LogP contribution is -2.42. The van der Waals surface area contributed by atoms with E-state index in [1.165, 1.54) is 6.92 Å². The zero-order valence-electron chi connectivity index (χ0n) is 18.5. The van der Waals surface area contributed by atoms with Crippen molar-refractivity contribution in [3.63, 3.8) is 0 Å². The highest BCUT2D eigenvalue weighted by molar-refractivity contribution is 5.88. The number of cyclic esters (lactones) is 1. The quantitative estimate of drug-likeness (QED) is 0.359. The summed E-state index contributed by atoms with van der Waals surface area (Å²) in [6, 6.07) is 0. The number of ether oxygens (including phenoxy) is 4. The molecular formula is C23H36O6. The second kappa shape index (κ2) is 8.03. The van der Waals surface area contributed by atoms with Gasteiger partial charge in [-0.25, -0.2) is 4.79 Å². The van der Waals surface area contributed by atoms with Crippen LogP contribution in [0.15, 0.2) is 12.2 Å². The van der Waals surface area contributed by atoms with Gasteiger partial charge in [-0.1, -0.05) is 6.58 Å². The fraction of sp³-hybridized carbons (Fsp3) is 0.826. The number of carbonyl (C=O) groups is 2. The second-order valence-corrected chi connectivity index (χ2v) is 9.97. The summed E-state index contributed by atoms with van der Waals surface area (Å²) in [4.78, 5) is 23.9. The van der Waals surface area contributed by atoms with Crippen LogP contribution >= 0.6 is 0 Å². The van der Waals surface area contributed by atoms with Crippen LogP contribution < -0.4 is 0 Å². The lowest BCUT2D eigenvalue weighted by atomic mass is 9.84. The molecule has 0 spiro atoms. The third kappa shape index (κ3) is 5.21. The molecule has 3 heterocycles. The van der Waals surface area contributed by atoms with E-state index in [1.807, 2.05) is 20.8 Å². The lowest BCUT2D eigenvalue weighted by molar-refractivity contribution is -0.164. The van der Waals surface area contributed by atoms with Crippen molar-refractivity contribution in [1.82, 2.24) is 0 Å². The van der Waals surface area contributed by atoms with Crippen molar-refractivity contribution < 1.29 is 28.5 Å². The molecule has 5 atom stereocenters. The highest BCUT2D eigenvalue weighted by atomic mass is 16.6. The summed E-state index contributed by atoms with van der Waals surface area (Å²) < 4.78 is 23.1. The minimum atomic E-state index is -0.448. The Hall–Kier alpha value is -1.40. The number of epoxide rings is 1. The molecule has 3 rings (SSSR count). The summed E-state index contributed by atoms with van der Waals surface area (Å²) in [6.45, 7) is 14.2. The van der Waals surface area contributed by atoms with E-state index in [2.05, 4.69) is 13.5 Å². The van der Waals surface area contributed by atoms with Crippen molar-refractivity contribution in [2.24, 2.45) is 5.92 Å². The Morgan fingerprint density at radius 2 is 2.00 bits per heavy atom. The van der Waals surface area contributed by atoms with Gasteiger partial charge in [0, 0.05) is 19.1 Å². The van der Waals surface area contributed by atoms with E-state index in [0.717, 1.165) is 38.5 Å². The van der Waals surface area contributed by atoms with Gasteiger partial charge in [-0.2, -0.15) is 0 Å². The third-order valence-corrected chi connectivity index (χ3v) is 6.89. The number of hydrogen-bond donors (Lipinski definition) is 0. The molecule has 0 saturated carbocycles. The van der Waals surface area contributed by atoms with Crippen LogP contribution in [0.5, 0.6) is 0 Å². The zero-order valence-corrected chi connectivity index (χ0v) is 18.5. The average Bonchev–Trinajstić information content (AvgIpc) is 3.06. The lowest BCUT2D eigenvalue weighted by Gasteiger charge is -2.33. The van der Waals surface area contributed by atoms with E-state index < -0.39 is 11.2 Å². The fourth-order valence-corrected chi connectivity index (χ4v) is 4.72. The monoisotopic (exact) mass is 408 g/mol. The van der Waals surface area contributed by atoms with Crippen LogP contribution in [-0.2, 0) is 28.5 Å². The maximum absolute atomic E-state index is 12.3. The molecule has 29 heavy (non-hydrogen) atoms. The summed E-state index contributed by atoms with van der Waals surface area (Å²) in [5.74, 6) is -0.488. The largest absolute Gasteiger partial charge is 0.459 e. The van der Waals surface area contributed by atoms with Crippen molar-refractivity contribution in [3.8, 4) is 0 Å². The van der Waals surface area contributed by atoms with Gasteiger partial charge in [0.2, 0.25) is 0 Å². The minimum absolute atomic E-state index is 0.0774. The Labute approximate surface area is 174 Å². The summed E-state index contributed by atoms with van der Waals surface area (Å²) in [5.41, 5.74) is -0.578. The molecule has 0 aromatic carbocycles. The molecule has 0 aliphatic carbocycles. The molecule has 0 aromatic rings. The van der Waals surface area contributed by atoms with Crippen LogP contribution in [0.1, 0.15) is 79.6 Å². The van der Waals surface area contributed by atoms with E-state index in [1.54, 1.807) is 0 Å². The topological polar surface area (TPSA) is 74.4 Å². The van der Waals surface area contributed by atoms with Gasteiger partial charge in [-0.3, -0.25) is 4.79 Å². The SMILES string of the molecule is C=C1C(=O)OC(C)(C)CC[C@@H]1C[C@@H]1O[C@]1(C)CC[C@H](OC(C)=O)[C@@]1(C)CCCO1. The highest BCUT2D eigenvalue weighted by Gasteiger charge is 2.54. The van der Waals surface area contributed by atoms with Gasteiger partial charge in [0.15, 0.2) is 0 Å². The standard InChI is InChI=1S/C23H36O6/c1-15-17(8-11-21(3,4)29-20(15)25)14-19-23(6,28-19)12-9-18(27-16(2)24)22(5)10-7-13-26-22/h17-19H,1,7-14H2,2-6H3/t17-,18+,19+,22-,23-/m1/s1. The first kappa shape index (κ1) is 22.3. The van der Waals surface area contributed by atoms with Gasteiger partial charge in [0.05, 0.1) is 11.7 Å². The fourth-order valence-electron chi connectivity index (χ4n) is 4.72. The van der Waals surface area contributed by atoms with Gasteiger partial charge in [0.25, 0.3) is 0 Å². The Kier molecular flexibility index (Phi) is 6.17. The van der Waals surface area contributed by atoms with Crippen molar-refractivity contribution in [3.05, 3.63) is 12.2 Å². The second-order valence-electron chi connectivity index (χ2n) is 9.97. The molecule has 0 radical (unpaired) electrons. The molecule has 6 heteroatoms. The predicted octanol–water partition coefficient (Wildman–Crippen LogP) is 4.10. The zero-order chi connectivity index (χ0) is 21.4. The van der Waals surface area contributed by atoms with E-state index >= 15 is 0 Å². The van der Waals surface area contributed by atoms with Gasteiger partial charge in [-0.05, 0) is 78.6 Å². The molecule has 6 nitrogen and oxygen atoms in total. The number of rotatable bonds is 7. The van der Waals surface area contributed by atoms with Crippen LogP contribution in [0.2, 0.25) is 0 Å². The maximum atomic E-state index is 12.3. The van der Waals surface area contributed by atoms with Crippen LogP contribution in [0.4, 0.5) is 0 Å². The molecular weight excluding hydrogens is 372 g/mol. The number of carbonyl (C=O) groups excluding carboxylic acids is 2. The third-order valence-electron chi connectivity index (χ3n) is 6.89. The van der Waals surface area contributed by atoms with Crippen LogP contribution in [0.3, 0.4) is 0 Å². The molecule has 0 amide bonds. The first-order valence-electron chi connectivity index (χ1n) is 10.9. The van der Waals surface area contributed by atoms with Gasteiger partial charge < -0.3 is 18.9 Å². The van der Waals surface area contributed by atoms with E-state index in [9.17, 15) is 9.59 Å². The smallest absolute Gasteiger partial charge is 0.334 e. The molecule has 0 aromatic heterocycles. The molecule has 3 fully saturated rings. The van der Waals surface area contributed by atoms with Crippen molar-refractivity contribution >= 4 is 11.9 Å². The Morgan fingerprint density at radius 3 is 2.62 bits per heavy atom. The Balaban J connectivity index is 1.56. The number of hydrogen-bond acceptors (Lipinski definition) is 6. The molecule has 3 aliphatic heterocycles. The normalized spacial score (nSPS) is 37.6. The van der Waals surface area contributed by atoms with E-state index in [4.69, 9.17) is 18.9 Å². The van der Waals surface area contributed by atoms with Crippen LogP contribution in [-0.4, -0.2) is 47.6 Å². The maximum Gasteiger partial charge on any atom is 0.334 e. The van der Waals surface area contributed by atoms with Crippen molar-refractivity contribution in [1.29, 1.82) is 0 Å². The molecule has 0 N–H and O–H groups in total. The minimum Gasteiger partial charge on any atom is -0.459 e. The van der Waals surface area contributed by atoms with Gasteiger partial charge in [-0.15, -0.1) is 0 Å². The predicted molar refractivity (Wildman–Crippen MR) is 108 cm³/mol. The summed E-state index contributed by atoms with van der Waals surface area (Å²) in [5, 5.41) is 0. The molecule has 0 bridgehead atoms. The van der Waals surface area contributed by atoms with Crippen molar-refractivity contribution in [2.45, 2.75) is 109 Å².